The van der Waals surface area contributed by atoms with Crippen LogP contribution in [0.25, 0.3) is 11.3 Å². The third kappa shape index (κ3) is 6.38. The number of nitrogens with zero attached hydrogens (tertiary/aromatic N) is 4. The molecule has 1 atom stereocenters. The van der Waals surface area contributed by atoms with Gasteiger partial charge in [-0.05, 0) is 76.8 Å². The molecule has 0 aliphatic carbocycles. The highest BCUT2D eigenvalue weighted by Gasteiger charge is 2.29. The summed E-state index contributed by atoms with van der Waals surface area (Å²) in [4.78, 5) is 6.61. The molecule has 1 saturated heterocycles. The predicted octanol–water partition coefficient (Wildman–Crippen LogP) is 5.62. The summed E-state index contributed by atoms with van der Waals surface area (Å²) >= 11 is 5.84. The Hall–Kier alpha value is -2.97. The number of thiocarbonyl (C=S) groups is 1. The minimum absolute atomic E-state index is 0.275. The van der Waals surface area contributed by atoms with Crippen LogP contribution in [-0.4, -0.2) is 59.8 Å². The maximum absolute atomic E-state index is 13.4. The molecule has 35 heavy (non-hydrogen) atoms. The predicted molar refractivity (Wildman–Crippen MR) is 144 cm³/mol. The number of hydrogen-bond donors (Lipinski definition) is 1. The van der Waals surface area contributed by atoms with E-state index in [-0.39, 0.29) is 5.82 Å². The highest BCUT2D eigenvalue weighted by Crippen LogP contribution is 2.35. The Kier molecular flexibility index (Phi) is 8.36. The highest BCUT2D eigenvalue weighted by atomic mass is 32.1. The number of benzene rings is 2. The molecule has 1 aromatic heterocycles. The van der Waals surface area contributed by atoms with Gasteiger partial charge < -0.3 is 24.5 Å². The summed E-state index contributed by atoms with van der Waals surface area (Å²) in [6, 6.07) is 16.8. The third-order valence-electron chi connectivity index (χ3n) is 6.43. The molecule has 0 spiro atoms. The van der Waals surface area contributed by atoms with Crippen LogP contribution in [0.3, 0.4) is 0 Å². The molecule has 8 heteroatoms. The van der Waals surface area contributed by atoms with Gasteiger partial charge in [-0.2, -0.15) is 0 Å². The first kappa shape index (κ1) is 25.1. The summed E-state index contributed by atoms with van der Waals surface area (Å²) in [5.74, 6) is 0.554. The van der Waals surface area contributed by atoms with Gasteiger partial charge in [-0.3, -0.25) is 0 Å². The summed E-state index contributed by atoms with van der Waals surface area (Å²) in [5.41, 5.74) is 3.65. The van der Waals surface area contributed by atoms with E-state index in [1.807, 2.05) is 32.3 Å². The van der Waals surface area contributed by atoms with Crippen molar-refractivity contribution in [1.82, 2.24) is 15.0 Å². The van der Waals surface area contributed by atoms with E-state index in [4.69, 9.17) is 16.7 Å². The van der Waals surface area contributed by atoms with Crippen molar-refractivity contribution in [2.24, 2.45) is 0 Å². The van der Waals surface area contributed by atoms with Gasteiger partial charge in [0.1, 0.15) is 11.5 Å². The molecule has 6 nitrogen and oxygen atoms in total. The van der Waals surface area contributed by atoms with Crippen molar-refractivity contribution in [3.05, 3.63) is 66.0 Å². The van der Waals surface area contributed by atoms with Gasteiger partial charge in [0.25, 0.3) is 0 Å². The Labute approximate surface area is 212 Å². The van der Waals surface area contributed by atoms with Crippen molar-refractivity contribution in [3.8, 4) is 11.3 Å². The summed E-state index contributed by atoms with van der Waals surface area (Å²) in [6.45, 7) is 5.29. The molecule has 0 radical (unpaired) electrons. The molecule has 4 rings (SSSR count). The monoisotopic (exact) mass is 495 g/mol. The van der Waals surface area contributed by atoms with Crippen LogP contribution in [0.2, 0.25) is 0 Å². The van der Waals surface area contributed by atoms with Crippen molar-refractivity contribution in [3.63, 3.8) is 0 Å². The molecule has 2 heterocycles. The number of anilines is 2. The minimum atomic E-state index is -0.275. The van der Waals surface area contributed by atoms with Crippen LogP contribution in [0, 0.1) is 5.82 Å². The standard InChI is InChI=1S/C27H34FN5OS/c1-20-9-7-8-16-33(20)26-24(25(30-34-26)21-10-5-4-6-11-21)19-32(18-17-31(2)3)27(35)29-23-14-12-22(28)13-15-23/h4-6,10-15,20H,7-9,16-19H2,1-3H3,(H,29,35)/t20-/m1/s1. The fourth-order valence-corrected chi connectivity index (χ4v) is 4.66. The molecule has 1 aliphatic heterocycles. The number of aromatic nitrogens is 1. The van der Waals surface area contributed by atoms with E-state index in [1.165, 1.54) is 18.6 Å². The van der Waals surface area contributed by atoms with Crippen molar-refractivity contribution < 1.29 is 8.91 Å². The summed E-state index contributed by atoms with van der Waals surface area (Å²) in [5, 5.41) is 8.40. The van der Waals surface area contributed by atoms with Gasteiger partial charge in [0.15, 0.2) is 5.11 Å². The second kappa shape index (κ2) is 11.6. The third-order valence-corrected chi connectivity index (χ3v) is 6.79. The summed E-state index contributed by atoms with van der Waals surface area (Å²) in [7, 11) is 4.09. The van der Waals surface area contributed by atoms with Crippen LogP contribution in [0.5, 0.6) is 0 Å². The molecule has 3 aromatic rings. The van der Waals surface area contributed by atoms with E-state index in [9.17, 15) is 4.39 Å². The molecule has 2 aromatic carbocycles. The van der Waals surface area contributed by atoms with E-state index in [0.29, 0.717) is 24.2 Å². The zero-order valence-corrected chi connectivity index (χ0v) is 21.5. The number of piperidine rings is 1. The number of rotatable bonds is 8. The molecule has 0 saturated carbocycles. The van der Waals surface area contributed by atoms with Crippen LogP contribution >= 0.6 is 12.2 Å². The Bertz CT molecular complexity index is 1100. The molecular weight excluding hydrogens is 461 g/mol. The second-order valence-electron chi connectivity index (χ2n) is 9.38. The Morgan fingerprint density at radius 3 is 2.54 bits per heavy atom. The molecule has 0 unspecified atom stereocenters. The smallest absolute Gasteiger partial charge is 0.233 e. The van der Waals surface area contributed by atoms with E-state index in [1.54, 1.807) is 12.1 Å². The van der Waals surface area contributed by atoms with Crippen molar-refractivity contribution in [2.75, 3.05) is 43.9 Å². The fourth-order valence-electron chi connectivity index (χ4n) is 4.39. The zero-order valence-electron chi connectivity index (χ0n) is 20.7. The first-order chi connectivity index (χ1) is 16.9. The Balaban J connectivity index is 1.67. The normalized spacial score (nSPS) is 15.9. The minimum Gasteiger partial charge on any atom is -0.343 e. The number of nitrogens with one attached hydrogen (secondary N) is 1. The van der Waals surface area contributed by atoms with Gasteiger partial charge in [0.05, 0.1) is 12.1 Å². The maximum atomic E-state index is 13.4. The summed E-state index contributed by atoms with van der Waals surface area (Å²) < 4.78 is 19.4. The van der Waals surface area contributed by atoms with Crippen LogP contribution in [-0.2, 0) is 6.54 Å². The SMILES string of the molecule is C[C@@H]1CCCCN1c1onc(-c2ccccc2)c1CN(CCN(C)C)C(=S)Nc1ccc(F)cc1. The lowest BCUT2D eigenvalue weighted by Crippen LogP contribution is -2.40. The van der Waals surface area contributed by atoms with Gasteiger partial charge in [-0.25, -0.2) is 4.39 Å². The summed E-state index contributed by atoms with van der Waals surface area (Å²) in [6.07, 6.45) is 3.50. The topological polar surface area (TPSA) is 47.8 Å². The van der Waals surface area contributed by atoms with Crippen LogP contribution in [0.15, 0.2) is 59.1 Å². The molecule has 1 fully saturated rings. The molecule has 0 amide bonds. The number of halogens is 1. The second-order valence-corrected chi connectivity index (χ2v) is 9.77. The molecule has 0 bridgehead atoms. The largest absolute Gasteiger partial charge is 0.343 e. The molecule has 1 N–H and O–H groups in total. The van der Waals surface area contributed by atoms with Crippen molar-refractivity contribution in [1.29, 1.82) is 0 Å². The van der Waals surface area contributed by atoms with Gasteiger partial charge in [0, 0.05) is 36.9 Å². The van der Waals surface area contributed by atoms with E-state index >= 15 is 0 Å². The van der Waals surface area contributed by atoms with Crippen LogP contribution < -0.4 is 10.2 Å². The number of hydrogen-bond acceptors (Lipinski definition) is 5. The molecule has 1 aliphatic rings. The van der Waals surface area contributed by atoms with Crippen molar-refractivity contribution >= 4 is 28.9 Å². The first-order valence-electron chi connectivity index (χ1n) is 12.2. The van der Waals surface area contributed by atoms with Gasteiger partial charge in [0.2, 0.25) is 5.88 Å². The average molecular weight is 496 g/mol. The number of likely N-dealkylation sites (N-methyl/N-ethyl adjacent to an activating group) is 1. The van der Waals surface area contributed by atoms with E-state index in [0.717, 1.165) is 54.3 Å². The Morgan fingerprint density at radius 2 is 1.86 bits per heavy atom. The molecule has 186 valence electrons. The van der Waals surface area contributed by atoms with Crippen LogP contribution in [0.4, 0.5) is 16.0 Å². The van der Waals surface area contributed by atoms with Crippen LogP contribution in [0.1, 0.15) is 31.7 Å². The lowest BCUT2D eigenvalue weighted by atomic mass is 10.0. The maximum Gasteiger partial charge on any atom is 0.233 e. The lowest BCUT2D eigenvalue weighted by Gasteiger charge is -2.34. The first-order valence-corrected chi connectivity index (χ1v) is 12.6. The fraction of sp³-hybridized carbons (Fsp3) is 0.407. The van der Waals surface area contributed by atoms with E-state index < -0.39 is 0 Å². The molecular formula is C27H34FN5OS. The van der Waals surface area contributed by atoms with E-state index in [2.05, 4.69) is 44.2 Å². The lowest BCUT2D eigenvalue weighted by molar-refractivity contribution is 0.326. The average Bonchev–Trinajstić information content (AvgIpc) is 3.27. The highest BCUT2D eigenvalue weighted by molar-refractivity contribution is 7.80. The van der Waals surface area contributed by atoms with Crippen molar-refractivity contribution in [2.45, 2.75) is 38.8 Å². The Morgan fingerprint density at radius 1 is 1.11 bits per heavy atom. The van der Waals surface area contributed by atoms with Gasteiger partial charge in [-0.15, -0.1) is 0 Å². The quantitative estimate of drug-likeness (QED) is 0.407. The zero-order chi connectivity index (χ0) is 24.8. The van der Waals surface area contributed by atoms with Gasteiger partial charge in [-0.1, -0.05) is 35.5 Å². The van der Waals surface area contributed by atoms with Gasteiger partial charge >= 0.3 is 0 Å².